The van der Waals surface area contributed by atoms with Crippen LogP contribution in [0.1, 0.15) is 58.4 Å². The van der Waals surface area contributed by atoms with E-state index in [-0.39, 0.29) is 29.2 Å². The Balaban J connectivity index is 1.82. The van der Waals surface area contributed by atoms with Crippen molar-refractivity contribution < 1.29 is 19.1 Å². The molecule has 1 aromatic heterocycles. The van der Waals surface area contributed by atoms with Gasteiger partial charge in [0.2, 0.25) is 0 Å². The second kappa shape index (κ2) is 6.51. The highest BCUT2D eigenvalue weighted by molar-refractivity contribution is 5.96. The molecule has 0 saturated carbocycles. The van der Waals surface area contributed by atoms with E-state index in [1.165, 1.54) is 11.6 Å². The van der Waals surface area contributed by atoms with Crippen molar-refractivity contribution in [1.82, 2.24) is 4.90 Å². The first kappa shape index (κ1) is 16.3. The molecule has 2 heterocycles. The zero-order valence-electron chi connectivity index (χ0n) is 13.9. The summed E-state index contributed by atoms with van der Waals surface area (Å²) in [5.41, 5.74) is 1.30. The number of carboxylic acids is 1. The Bertz CT molecular complexity index is 750. The topological polar surface area (TPSA) is 70.8 Å². The summed E-state index contributed by atoms with van der Waals surface area (Å²) in [5, 5.41) is 9.22. The van der Waals surface area contributed by atoms with Crippen molar-refractivity contribution in [2.75, 3.05) is 6.54 Å². The predicted molar refractivity (Wildman–Crippen MR) is 89.3 cm³/mol. The molecule has 1 aromatic carbocycles. The lowest BCUT2D eigenvalue weighted by Crippen LogP contribution is -2.35. The number of likely N-dealkylation sites (tertiary alicyclic amines) is 1. The summed E-state index contributed by atoms with van der Waals surface area (Å²) in [5.74, 6) is -0.550. The number of rotatable bonds is 4. The number of carboxylic acid groups (broad SMARTS) is 1. The van der Waals surface area contributed by atoms with E-state index >= 15 is 0 Å². The molecule has 126 valence electrons. The summed E-state index contributed by atoms with van der Waals surface area (Å²) in [4.78, 5) is 25.8. The average molecular weight is 327 g/mol. The molecule has 1 amide bonds. The Hall–Kier alpha value is -2.56. The Morgan fingerprint density at radius 2 is 2.00 bits per heavy atom. The lowest BCUT2D eigenvalue weighted by molar-refractivity contribution is 0.0688. The Kier molecular flexibility index (Phi) is 4.42. The summed E-state index contributed by atoms with van der Waals surface area (Å²) in [6.45, 7) is 4.48. The highest BCUT2D eigenvalue weighted by Crippen LogP contribution is 2.34. The molecule has 1 aliphatic rings. The van der Waals surface area contributed by atoms with Gasteiger partial charge < -0.3 is 14.4 Å². The van der Waals surface area contributed by atoms with Crippen LogP contribution < -0.4 is 0 Å². The van der Waals surface area contributed by atoms with Crippen LogP contribution in [-0.4, -0.2) is 34.5 Å². The third-order valence-electron chi connectivity index (χ3n) is 4.81. The molecule has 0 aliphatic carbocycles. The first-order valence-electron chi connectivity index (χ1n) is 8.24. The van der Waals surface area contributed by atoms with Gasteiger partial charge in [-0.25, -0.2) is 4.79 Å². The van der Waals surface area contributed by atoms with Gasteiger partial charge in [0.05, 0.1) is 0 Å². The summed E-state index contributed by atoms with van der Waals surface area (Å²) in [6.07, 6.45) is 1.33. The second-order valence-electron chi connectivity index (χ2n) is 6.15. The van der Waals surface area contributed by atoms with Crippen molar-refractivity contribution in [2.24, 2.45) is 0 Å². The number of aryl methyl sites for hydroxylation is 1. The number of benzene rings is 1. The van der Waals surface area contributed by atoms with E-state index in [0.29, 0.717) is 18.7 Å². The molecule has 0 bridgehead atoms. The van der Waals surface area contributed by atoms with Gasteiger partial charge in [0.15, 0.2) is 5.76 Å². The third-order valence-corrected chi connectivity index (χ3v) is 4.81. The van der Waals surface area contributed by atoms with Gasteiger partial charge in [0, 0.05) is 31.0 Å². The van der Waals surface area contributed by atoms with Crippen LogP contribution in [0.5, 0.6) is 0 Å². The van der Waals surface area contributed by atoms with Crippen LogP contribution in [0.3, 0.4) is 0 Å². The maximum Gasteiger partial charge on any atom is 0.339 e. The number of furan rings is 1. The average Bonchev–Trinajstić information content (AvgIpc) is 3.19. The molecule has 24 heavy (non-hydrogen) atoms. The van der Waals surface area contributed by atoms with Crippen LogP contribution in [0, 0.1) is 0 Å². The molecule has 1 N–H and O–H groups in total. The van der Waals surface area contributed by atoms with Crippen molar-refractivity contribution in [3.05, 3.63) is 59.0 Å². The van der Waals surface area contributed by atoms with E-state index in [9.17, 15) is 14.7 Å². The minimum absolute atomic E-state index is 0.0448. The van der Waals surface area contributed by atoms with Crippen molar-refractivity contribution in [3.63, 3.8) is 0 Å². The molecule has 2 unspecified atom stereocenters. The molecule has 1 saturated heterocycles. The van der Waals surface area contributed by atoms with Crippen LogP contribution in [0.4, 0.5) is 0 Å². The molecule has 5 heteroatoms. The summed E-state index contributed by atoms with van der Waals surface area (Å²) >= 11 is 0. The first-order valence-corrected chi connectivity index (χ1v) is 8.24. The van der Waals surface area contributed by atoms with E-state index in [0.717, 1.165) is 6.42 Å². The predicted octanol–water partition coefficient (Wildman–Crippen LogP) is 3.56. The van der Waals surface area contributed by atoms with Gasteiger partial charge in [-0.05, 0) is 18.9 Å². The SMILES string of the molecule is CCc1oc(C(=O)N2CCC(c3ccccc3)C2C)cc1C(=O)O. The molecule has 2 atom stereocenters. The molecule has 1 aliphatic heterocycles. The van der Waals surface area contributed by atoms with E-state index in [1.807, 2.05) is 32.0 Å². The van der Waals surface area contributed by atoms with E-state index < -0.39 is 5.97 Å². The van der Waals surface area contributed by atoms with Gasteiger partial charge >= 0.3 is 5.97 Å². The minimum atomic E-state index is -1.06. The molecule has 1 fully saturated rings. The normalized spacial score (nSPS) is 20.3. The quantitative estimate of drug-likeness (QED) is 0.932. The zero-order valence-corrected chi connectivity index (χ0v) is 13.9. The second-order valence-corrected chi connectivity index (χ2v) is 6.15. The maximum atomic E-state index is 12.8. The van der Waals surface area contributed by atoms with Gasteiger partial charge in [0.1, 0.15) is 11.3 Å². The minimum Gasteiger partial charge on any atom is -0.478 e. The molecule has 0 spiro atoms. The van der Waals surface area contributed by atoms with Gasteiger partial charge in [-0.1, -0.05) is 37.3 Å². The van der Waals surface area contributed by atoms with Crippen molar-refractivity contribution in [3.8, 4) is 0 Å². The zero-order chi connectivity index (χ0) is 17.3. The van der Waals surface area contributed by atoms with Crippen LogP contribution in [0.15, 0.2) is 40.8 Å². The molecular weight excluding hydrogens is 306 g/mol. The third kappa shape index (κ3) is 2.82. The van der Waals surface area contributed by atoms with Gasteiger partial charge in [-0.3, -0.25) is 4.79 Å². The maximum absolute atomic E-state index is 12.8. The number of carbonyl (C=O) groups excluding carboxylic acids is 1. The first-order chi connectivity index (χ1) is 11.5. The number of nitrogens with zero attached hydrogens (tertiary/aromatic N) is 1. The lowest BCUT2D eigenvalue weighted by atomic mass is 9.93. The number of aromatic carboxylic acids is 1. The fraction of sp³-hybridized carbons (Fsp3) is 0.368. The van der Waals surface area contributed by atoms with Gasteiger partial charge in [0.25, 0.3) is 5.91 Å². The fourth-order valence-electron chi connectivity index (χ4n) is 3.49. The largest absolute Gasteiger partial charge is 0.478 e. The van der Waals surface area contributed by atoms with Crippen molar-refractivity contribution in [1.29, 1.82) is 0 Å². The molecule has 2 aromatic rings. The summed E-state index contributed by atoms with van der Waals surface area (Å²) < 4.78 is 5.52. The standard InChI is InChI=1S/C19H21NO4/c1-3-16-15(19(22)23)11-17(24-16)18(21)20-10-9-14(12(20)2)13-7-5-4-6-8-13/h4-8,11-12,14H,3,9-10H2,1-2H3,(H,22,23). The van der Waals surface area contributed by atoms with E-state index in [4.69, 9.17) is 4.42 Å². The van der Waals surface area contributed by atoms with Crippen molar-refractivity contribution >= 4 is 11.9 Å². The number of amides is 1. The number of hydrogen-bond acceptors (Lipinski definition) is 3. The molecule has 0 radical (unpaired) electrons. The van der Waals surface area contributed by atoms with Gasteiger partial charge in [-0.2, -0.15) is 0 Å². The number of carbonyl (C=O) groups is 2. The monoisotopic (exact) mass is 327 g/mol. The van der Waals surface area contributed by atoms with Crippen LogP contribution >= 0.6 is 0 Å². The number of hydrogen-bond donors (Lipinski definition) is 1. The molecule has 5 nitrogen and oxygen atoms in total. The lowest BCUT2D eigenvalue weighted by Gasteiger charge is -2.24. The Morgan fingerprint density at radius 3 is 2.58 bits per heavy atom. The van der Waals surface area contributed by atoms with E-state index in [2.05, 4.69) is 12.1 Å². The highest BCUT2D eigenvalue weighted by atomic mass is 16.4. The van der Waals surface area contributed by atoms with Crippen LogP contribution in [0.2, 0.25) is 0 Å². The smallest absolute Gasteiger partial charge is 0.339 e. The summed E-state index contributed by atoms with van der Waals surface area (Å²) in [7, 11) is 0. The van der Waals surface area contributed by atoms with Crippen molar-refractivity contribution in [2.45, 2.75) is 38.6 Å². The molecular formula is C19H21NO4. The highest BCUT2D eigenvalue weighted by Gasteiger charge is 2.36. The molecule has 3 rings (SSSR count). The van der Waals surface area contributed by atoms with Crippen LogP contribution in [-0.2, 0) is 6.42 Å². The summed E-state index contributed by atoms with van der Waals surface area (Å²) in [6, 6.07) is 11.6. The van der Waals surface area contributed by atoms with E-state index in [1.54, 1.807) is 4.90 Å². The Labute approximate surface area is 140 Å². The fourth-order valence-corrected chi connectivity index (χ4v) is 3.49. The Morgan fingerprint density at radius 1 is 1.29 bits per heavy atom. The van der Waals surface area contributed by atoms with Gasteiger partial charge in [-0.15, -0.1) is 0 Å². The van der Waals surface area contributed by atoms with Crippen LogP contribution in [0.25, 0.3) is 0 Å².